The molecule has 0 saturated carbocycles. The van der Waals surface area contributed by atoms with Crippen molar-refractivity contribution in [3.63, 3.8) is 0 Å². The summed E-state index contributed by atoms with van der Waals surface area (Å²) in [4.78, 5) is 26.6. The minimum absolute atomic E-state index is 0.0727. The molecule has 1 aliphatic rings. The lowest BCUT2D eigenvalue weighted by Gasteiger charge is -2.17. The third-order valence-electron chi connectivity index (χ3n) is 4.30. The number of hydrogen-bond donors (Lipinski definition) is 1. The number of hydrogen-bond acceptors (Lipinski definition) is 4. The number of carbonyl (C=O) groups excluding carboxylic acids is 2. The van der Waals surface area contributed by atoms with Crippen molar-refractivity contribution >= 4 is 39.1 Å². The van der Waals surface area contributed by atoms with Crippen molar-refractivity contribution in [2.45, 2.75) is 6.42 Å². The Hall–Kier alpha value is -2.54. The van der Waals surface area contributed by atoms with Gasteiger partial charge in [-0.3, -0.25) is 9.59 Å². The summed E-state index contributed by atoms with van der Waals surface area (Å²) in [5.74, 6) is 0.588. The van der Waals surface area contributed by atoms with Crippen molar-refractivity contribution in [2.75, 3.05) is 31.0 Å². The minimum atomic E-state index is -0.423. The maximum atomic E-state index is 12.6. The molecule has 1 saturated heterocycles. The zero-order chi connectivity index (χ0) is 18.7. The highest BCUT2D eigenvalue weighted by atomic mass is 79.9. The molecule has 1 aliphatic heterocycles. The number of methoxy groups -OCH3 is 2. The van der Waals surface area contributed by atoms with Gasteiger partial charge in [-0.2, -0.15) is 0 Å². The van der Waals surface area contributed by atoms with Gasteiger partial charge >= 0.3 is 0 Å². The summed E-state index contributed by atoms with van der Waals surface area (Å²) in [6.45, 7) is 0.341. The highest BCUT2D eigenvalue weighted by Crippen LogP contribution is 2.31. The number of anilines is 2. The summed E-state index contributed by atoms with van der Waals surface area (Å²) < 4.78 is 11.2. The maximum Gasteiger partial charge on any atom is 0.229 e. The number of amides is 2. The van der Waals surface area contributed by atoms with E-state index in [0.717, 1.165) is 15.9 Å². The second-order valence-electron chi connectivity index (χ2n) is 5.94. The SMILES string of the molecule is COc1ccc(N2CC(C(=O)Nc3cc(Br)ccc3OC)CC2=O)cc1. The van der Waals surface area contributed by atoms with Crippen LogP contribution in [0.3, 0.4) is 0 Å². The van der Waals surface area contributed by atoms with Crippen molar-refractivity contribution in [3.05, 3.63) is 46.9 Å². The second-order valence-corrected chi connectivity index (χ2v) is 6.85. The number of nitrogens with one attached hydrogen (secondary N) is 1. The highest BCUT2D eigenvalue weighted by Gasteiger charge is 2.35. The average molecular weight is 419 g/mol. The number of rotatable bonds is 5. The van der Waals surface area contributed by atoms with Gasteiger partial charge in [0.15, 0.2) is 0 Å². The Balaban J connectivity index is 1.71. The fraction of sp³-hybridized carbons (Fsp3) is 0.263. The Labute approximate surface area is 160 Å². The summed E-state index contributed by atoms with van der Waals surface area (Å²) in [7, 11) is 3.13. The molecule has 136 valence electrons. The van der Waals surface area contributed by atoms with Crippen LogP contribution in [0.5, 0.6) is 11.5 Å². The molecule has 1 heterocycles. The highest BCUT2D eigenvalue weighted by molar-refractivity contribution is 9.10. The first kappa shape index (κ1) is 18.3. The largest absolute Gasteiger partial charge is 0.497 e. The first-order valence-corrected chi connectivity index (χ1v) is 8.90. The van der Waals surface area contributed by atoms with Crippen LogP contribution >= 0.6 is 15.9 Å². The van der Waals surface area contributed by atoms with Crippen LogP contribution in [0.2, 0.25) is 0 Å². The lowest BCUT2D eigenvalue weighted by molar-refractivity contribution is -0.122. The Morgan fingerprint density at radius 2 is 1.88 bits per heavy atom. The van der Waals surface area contributed by atoms with Crippen LogP contribution in [-0.4, -0.2) is 32.6 Å². The normalized spacial score (nSPS) is 16.5. The van der Waals surface area contributed by atoms with E-state index in [9.17, 15) is 9.59 Å². The van der Waals surface area contributed by atoms with E-state index in [0.29, 0.717) is 18.0 Å². The molecular formula is C19H19BrN2O4. The summed E-state index contributed by atoms with van der Waals surface area (Å²) in [6, 6.07) is 12.6. The van der Waals surface area contributed by atoms with E-state index in [-0.39, 0.29) is 18.2 Å². The third-order valence-corrected chi connectivity index (χ3v) is 4.79. The van der Waals surface area contributed by atoms with Crippen LogP contribution in [0.4, 0.5) is 11.4 Å². The van der Waals surface area contributed by atoms with E-state index in [2.05, 4.69) is 21.2 Å². The molecule has 2 aromatic rings. The Bertz CT molecular complexity index is 823. The smallest absolute Gasteiger partial charge is 0.229 e. The molecule has 1 N–H and O–H groups in total. The maximum absolute atomic E-state index is 12.6. The van der Waals surface area contributed by atoms with Crippen LogP contribution < -0.4 is 19.7 Å². The molecule has 0 aromatic heterocycles. The molecule has 2 amide bonds. The number of halogens is 1. The molecule has 0 bridgehead atoms. The number of nitrogens with zero attached hydrogens (tertiary/aromatic N) is 1. The van der Waals surface area contributed by atoms with E-state index in [1.165, 1.54) is 0 Å². The van der Waals surface area contributed by atoms with Gasteiger partial charge in [-0.1, -0.05) is 15.9 Å². The van der Waals surface area contributed by atoms with Gasteiger partial charge in [0.05, 0.1) is 25.8 Å². The van der Waals surface area contributed by atoms with Gasteiger partial charge in [0.25, 0.3) is 0 Å². The Kier molecular flexibility index (Phi) is 5.46. The molecule has 1 unspecified atom stereocenters. The number of benzene rings is 2. The van der Waals surface area contributed by atoms with E-state index >= 15 is 0 Å². The van der Waals surface area contributed by atoms with Gasteiger partial charge in [-0.15, -0.1) is 0 Å². The van der Waals surface area contributed by atoms with Crippen molar-refractivity contribution in [1.29, 1.82) is 0 Å². The van der Waals surface area contributed by atoms with Crippen molar-refractivity contribution in [2.24, 2.45) is 5.92 Å². The van der Waals surface area contributed by atoms with E-state index in [1.54, 1.807) is 43.4 Å². The molecule has 7 heteroatoms. The standard InChI is InChI=1S/C19H19BrN2O4/c1-25-15-6-4-14(5-7-15)22-11-12(9-18(22)23)19(24)21-16-10-13(20)3-8-17(16)26-2/h3-8,10,12H,9,11H2,1-2H3,(H,21,24). The lowest BCUT2D eigenvalue weighted by Crippen LogP contribution is -2.28. The quantitative estimate of drug-likeness (QED) is 0.806. The molecule has 1 atom stereocenters. The first-order valence-electron chi connectivity index (χ1n) is 8.10. The minimum Gasteiger partial charge on any atom is -0.497 e. The van der Waals surface area contributed by atoms with Gasteiger partial charge in [-0.05, 0) is 42.5 Å². The monoisotopic (exact) mass is 418 g/mol. The number of carbonyl (C=O) groups is 2. The van der Waals surface area contributed by atoms with E-state index < -0.39 is 5.92 Å². The molecule has 0 spiro atoms. The topological polar surface area (TPSA) is 67.9 Å². The van der Waals surface area contributed by atoms with E-state index in [4.69, 9.17) is 9.47 Å². The summed E-state index contributed by atoms with van der Waals surface area (Å²) in [6.07, 6.45) is 0.175. The van der Waals surface area contributed by atoms with Crippen LogP contribution in [0.1, 0.15) is 6.42 Å². The summed E-state index contributed by atoms with van der Waals surface area (Å²) in [5, 5.41) is 2.86. The predicted molar refractivity (Wildman–Crippen MR) is 103 cm³/mol. The molecule has 6 nitrogen and oxygen atoms in total. The second kappa shape index (κ2) is 7.78. The molecule has 1 fully saturated rings. The van der Waals surface area contributed by atoms with Gasteiger partial charge in [0.1, 0.15) is 11.5 Å². The van der Waals surface area contributed by atoms with Crippen molar-refractivity contribution in [1.82, 2.24) is 0 Å². The van der Waals surface area contributed by atoms with Gasteiger partial charge in [0, 0.05) is 23.1 Å². The van der Waals surface area contributed by atoms with E-state index in [1.807, 2.05) is 18.2 Å². The Morgan fingerprint density at radius 1 is 1.15 bits per heavy atom. The molecule has 2 aromatic carbocycles. The zero-order valence-electron chi connectivity index (χ0n) is 14.5. The van der Waals surface area contributed by atoms with Crippen LogP contribution in [0, 0.1) is 5.92 Å². The van der Waals surface area contributed by atoms with Crippen molar-refractivity contribution in [3.8, 4) is 11.5 Å². The van der Waals surface area contributed by atoms with Gasteiger partial charge in [-0.25, -0.2) is 0 Å². The molecule has 3 rings (SSSR count). The lowest BCUT2D eigenvalue weighted by atomic mass is 10.1. The number of ether oxygens (including phenoxy) is 2. The first-order chi connectivity index (χ1) is 12.5. The third kappa shape index (κ3) is 3.83. The molecule has 0 radical (unpaired) electrons. The predicted octanol–water partition coefficient (Wildman–Crippen LogP) is 3.46. The fourth-order valence-electron chi connectivity index (χ4n) is 2.91. The van der Waals surface area contributed by atoms with Gasteiger partial charge < -0.3 is 19.7 Å². The summed E-state index contributed by atoms with van der Waals surface area (Å²) in [5.41, 5.74) is 1.33. The zero-order valence-corrected chi connectivity index (χ0v) is 16.1. The van der Waals surface area contributed by atoms with Gasteiger partial charge in [0.2, 0.25) is 11.8 Å². The molecular weight excluding hydrogens is 400 g/mol. The average Bonchev–Trinajstić information content (AvgIpc) is 3.04. The van der Waals surface area contributed by atoms with Crippen LogP contribution in [0.25, 0.3) is 0 Å². The van der Waals surface area contributed by atoms with Crippen molar-refractivity contribution < 1.29 is 19.1 Å². The van der Waals surface area contributed by atoms with Crippen LogP contribution in [0.15, 0.2) is 46.9 Å². The van der Waals surface area contributed by atoms with Crippen LogP contribution in [-0.2, 0) is 9.59 Å². The molecule has 26 heavy (non-hydrogen) atoms. The molecule has 0 aliphatic carbocycles. The summed E-state index contributed by atoms with van der Waals surface area (Å²) >= 11 is 3.38. The Morgan fingerprint density at radius 3 is 2.54 bits per heavy atom. The fourth-order valence-corrected chi connectivity index (χ4v) is 3.27.